The molecule has 0 radical (unpaired) electrons. The first-order chi connectivity index (χ1) is 17.5. The number of carbonyl (C=O) groups excluding carboxylic acids is 2. The number of hydrogen-bond donors (Lipinski definition) is 2. The average Bonchev–Trinajstić information content (AvgIpc) is 3.54. The van der Waals surface area contributed by atoms with Gasteiger partial charge in [0, 0.05) is 18.7 Å². The number of hydrogen-bond acceptors (Lipinski definition) is 7. The van der Waals surface area contributed by atoms with Crippen molar-refractivity contribution in [3.05, 3.63) is 76.9 Å². The lowest BCUT2D eigenvalue weighted by Gasteiger charge is -2.16. The van der Waals surface area contributed by atoms with E-state index in [9.17, 15) is 9.59 Å². The molecular weight excluding hydrogens is 464 g/mol. The van der Waals surface area contributed by atoms with Gasteiger partial charge in [-0.1, -0.05) is 12.1 Å². The number of amides is 2. The fraction of sp³-hybridized carbons (Fsp3) is 0.259. The third-order valence-electron chi connectivity index (χ3n) is 5.63. The maximum absolute atomic E-state index is 13.1. The van der Waals surface area contributed by atoms with E-state index in [2.05, 4.69) is 10.6 Å². The zero-order valence-electron chi connectivity index (χ0n) is 20.0. The van der Waals surface area contributed by atoms with Crippen LogP contribution in [0.25, 0.3) is 0 Å². The predicted octanol–water partition coefficient (Wildman–Crippen LogP) is 3.79. The summed E-state index contributed by atoms with van der Waals surface area (Å²) >= 11 is 0. The van der Waals surface area contributed by atoms with Crippen LogP contribution in [0.4, 0.5) is 0 Å². The molecule has 0 spiro atoms. The minimum absolute atomic E-state index is 0.143. The van der Waals surface area contributed by atoms with E-state index in [0.717, 1.165) is 11.1 Å². The second-order valence-electron chi connectivity index (χ2n) is 8.62. The SMILES string of the molecule is CC(C)Oc1ccc(C(=O)NCc2ccc3c(c2)OCO3)cc1C(=O)NCc1ccc2c(c1)OCO2. The van der Waals surface area contributed by atoms with Crippen LogP contribution in [0.5, 0.6) is 28.7 Å². The molecule has 0 bridgehead atoms. The molecule has 0 saturated heterocycles. The summed E-state index contributed by atoms with van der Waals surface area (Å²) in [7, 11) is 0. The van der Waals surface area contributed by atoms with Gasteiger partial charge in [-0.05, 0) is 67.4 Å². The van der Waals surface area contributed by atoms with E-state index in [1.807, 2.05) is 50.2 Å². The van der Waals surface area contributed by atoms with Crippen molar-refractivity contribution in [1.29, 1.82) is 0 Å². The van der Waals surface area contributed by atoms with Crippen LogP contribution in [0, 0.1) is 0 Å². The molecule has 0 unspecified atom stereocenters. The smallest absolute Gasteiger partial charge is 0.255 e. The maximum atomic E-state index is 13.1. The molecule has 0 aromatic heterocycles. The topological polar surface area (TPSA) is 104 Å². The first-order valence-electron chi connectivity index (χ1n) is 11.6. The first-order valence-corrected chi connectivity index (χ1v) is 11.6. The van der Waals surface area contributed by atoms with Gasteiger partial charge in [0.15, 0.2) is 23.0 Å². The maximum Gasteiger partial charge on any atom is 0.255 e. The molecule has 0 aliphatic carbocycles. The van der Waals surface area contributed by atoms with Crippen molar-refractivity contribution in [2.24, 2.45) is 0 Å². The Kier molecular flexibility index (Phi) is 6.53. The van der Waals surface area contributed by atoms with Crippen molar-refractivity contribution in [3.63, 3.8) is 0 Å². The Balaban J connectivity index is 1.28. The number of fused-ring (bicyclic) bond motifs is 2. The van der Waals surface area contributed by atoms with Gasteiger partial charge in [-0.25, -0.2) is 0 Å². The molecule has 36 heavy (non-hydrogen) atoms. The van der Waals surface area contributed by atoms with Crippen molar-refractivity contribution in [1.82, 2.24) is 10.6 Å². The summed E-state index contributed by atoms with van der Waals surface area (Å²) < 4.78 is 27.3. The van der Waals surface area contributed by atoms with Crippen molar-refractivity contribution < 1.29 is 33.3 Å². The molecule has 0 atom stereocenters. The van der Waals surface area contributed by atoms with Gasteiger partial charge in [0.05, 0.1) is 11.7 Å². The molecule has 2 N–H and O–H groups in total. The number of rotatable bonds is 8. The van der Waals surface area contributed by atoms with E-state index < -0.39 is 0 Å². The molecule has 5 rings (SSSR count). The van der Waals surface area contributed by atoms with Crippen LogP contribution >= 0.6 is 0 Å². The summed E-state index contributed by atoms with van der Waals surface area (Å²) in [6.07, 6.45) is -0.143. The second kappa shape index (κ2) is 10.1. The van der Waals surface area contributed by atoms with Crippen molar-refractivity contribution in [3.8, 4) is 28.7 Å². The third kappa shape index (κ3) is 5.14. The molecule has 0 fully saturated rings. The van der Waals surface area contributed by atoms with Crippen LogP contribution in [0.1, 0.15) is 45.7 Å². The molecule has 2 amide bonds. The lowest BCUT2D eigenvalue weighted by molar-refractivity contribution is 0.0945. The molecule has 2 heterocycles. The molecule has 3 aromatic carbocycles. The number of benzene rings is 3. The van der Waals surface area contributed by atoms with Gasteiger partial charge in [-0.15, -0.1) is 0 Å². The van der Waals surface area contributed by atoms with Gasteiger partial charge in [0.1, 0.15) is 5.75 Å². The fourth-order valence-electron chi connectivity index (χ4n) is 3.87. The van der Waals surface area contributed by atoms with Crippen LogP contribution in [0.15, 0.2) is 54.6 Å². The summed E-state index contributed by atoms with van der Waals surface area (Å²) in [5.74, 6) is 2.40. The summed E-state index contributed by atoms with van der Waals surface area (Å²) in [6, 6.07) is 15.8. The van der Waals surface area contributed by atoms with E-state index in [1.54, 1.807) is 18.2 Å². The zero-order valence-corrected chi connectivity index (χ0v) is 20.0. The van der Waals surface area contributed by atoms with Gasteiger partial charge >= 0.3 is 0 Å². The molecule has 2 aliphatic rings. The highest BCUT2D eigenvalue weighted by Crippen LogP contribution is 2.33. The Bertz CT molecular complexity index is 1310. The molecule has 3 aromatic rings. The minimum atomic E-state index is -0.353. The normalized spacial score (nSPS) is 13.0. The monoisotopic (exact) mass is 490 g/mol. The summed E-state index contributed by atoms with van der Waals surface area (Å²) in [5.41, 5.74) is 2.35. The Morgan fingerprint density at radius 3 is 1.89 bits per heavy atom. The van der Waals surface area contributed by atoms with E-state index in [4.69, 9.17) is 23.7 Å². The lowest BCUT2D eigenvalue weighted by atomic mass is 10.1. The summed E-state index contributed by atoms with van der Waals surface area (Å²) in [4.78, 5) is 26.0. The van der Waals surface area contributed by atoms with Crippen LogP contribution in [-0.2, 0) is 13.1 Å². The van der Waals surface area contributed by atoms with Crippen LogP contribution in [0.2, 0.25) is 0 Å². The van der Waals surface area contributed by atoms with Crippen LogP contribution < -0.4 is 34.3 Å². The van der Waals surface area contributed by atoms with Gasteiger partial charge in [0.2, 0.25) is 13.6 Å². The molecule has 2 aliphatic heterocycles. The number of ether oxygens (including phenoxy) is 5. The Morgan fingerprint density at radius 1 is 0.750 bits per heavy atom. The van der Waals surface area contributed by atoms with E-state index in [0.29, 0.717) is 40.9 Å². The lowest BCUT2D eigenvalue weighted by Crippen LogP contribution is -2.26. The average molecular weight is 491 g/mol. The molecule has 0 saturated carbocycles. The molecule has 186 valence electrons. The number of carbonyl (C=O) groups is 2. The zero-order chi connectivity index (χ0) is 25.1. The molecule has 9 heteroatoms. The fourth-order valence-corrected chi connectivity index (χ4v) is 3.87. The van der Waals surface area contributed by atoms with Gasteiger partial charge in [0.25, 0.3) is 11.8 Å². The number of nitrogens with one attached hydrogen (secondary N) is 2. The standard InChI is InChI=1S/C27H26N2O7/c1-16(2)36-21-8-5-19(26(30)28-12-17-3-6-22-24(9-17)34-14-32-22)11-20(21)27(31)29-13-18-4-7-23-25(10-18)35-15-33-23/h3-11,16H,12-15H2,1-2H3,(H,28,30)(H,29,31). The Morgan fingerprint density at radius 2 is 1.31 bits per heavy atom. The van der Waals surface area contributed by atoms with Crippen molar-refractivity contribution in [2.45, 2.75) is 33.0 Å². The highest BCUT2D eigenvalue weighted by atomic mass is 16.7. The van der Waals surface area contributed by atoms with E-state index >= 15 is 0 Å². The minimum Gasteiger partial charge on any atom is -0.490 e. The first kappa shape index (κ1) is 23.3. The third-order valence-corrected chi connectivity index (χ3v) is 5.63. The Hall–Kier alpha value is -4.40. The quantitative estimate of drug-likeness (QED) is 0.495. The van der Waals surface area contributed by atoms with Crippen molar-refractivity contribution in [2.75, 3.05) is 13.6 Å². The van der Waals surface area contributed by atoms with E-state index in [-0.39, 0.29) is 43.6 Å². The Labute approximate surface area is 208 Å². The van der Waals surface area contributed by atoms with Gasteiger partial charge in [-0.3, -0.25) is 9.59 Å². The highest BCUT2D eigenvalue weighted by molar-refractivity contribution is 6.01. The second-order valence-corrected chi connectivity index (χ2v) is 8.62. The van der Waals surface area contributed by atoms with Gasteiger partial charge < -0.3 is 34.3 Å². The summed E-state index contributed by atoms with van der Waals surface area (Å²) in [6.45, 7) is 4.70. The van der Waals surface area contributed by atoms with E-state index in [1.165, 1.54) is 0 Å². The molecule has 9 nitrogen and oxygen atoms in total. The van der Waals surface area contributed by atoms with Gasteiger partial charge in [-0.2, -0.15) is 0 Å². The summed E-state index contributed by atoms with van der Waals surface area (Å²) in [5, 5.41) is 5.78. The predicted molar refractivity (Wildman–Crippen MR) is 130 cm³/mol. The van der Waals surface area contributed by atoms with Crippen LogP contribution in [-0.4, -0.2) is 31.5 Å². The molecular formula is C27H26N2O7. The highest BCUT2D eigenvalue weighted by Gasteiger charge is 2.19. The van der Waals surface area contributed by atoms with Crippen LogP contribution in [0.3, 0.4) is 0 Å². The van der Waals surface area contributed by atoms with Crippen molar-refractivity contribution >= 4 is 11.8 Å². The largest absolute Gasteiger partial charge is 0.490 e.